The van der Waals surface area contributed by atoms with Crippen LogP contribution in [-0.2, 0) is 0 Å². The molecule has 7 atom stereocenters. The molecule has 3 bridgehead atoms. The standard InChI is InChI=1S/C21H36/c1-15-7-3-4-9-18-19-13-21(11-5-8-16(19)2)12-6-10-17(15)20(18)14-21/h15-20H,3-14H2,1-2H3. The van der Waals surface area contributed by atoms with Gasteiger partial charge in [0.25, 0.3) is 0 Å². The lowest BCUT2D eigenvalue weighted by molar-refractivity contribution is -0.0216. The van der Waals surface area contributed by atoms with Crippen LogP contribution in [0.3, 0.4) is 0 Å². The van der Waals surface area contributed by atoms with Gasteiger partial charge in [-0.3, -0.25) is 0 Å². The molecule has 4 aliphatic rings. The van der Waals surface area contributed by atoms with E-state index in [1.54, 1.807) is 44.9 Å². The van der Waals surface area contributed by atoms with Crippen LogP contribution in [-0.4, -0.2) is 0 Å². The molecule has 0 aromatic carbocycles. The van der Waals surface area contributed by atoms with Crippen LogP contribution in [0.2, 0.25) is 0 Å². The summed E-state index contributed by atoms with van der Waals surface area (Å²) in [6, 6.07) is 0. The monoisotopic (exact) mass is 288 g/mol. The summed E-state index contributed by atoms with van der Waals surface area (Å²) in [5, 5.41) is 0. The van der Waals surface area contributed by atoms with Gasteiger partial charge in [-0.15, -0.1) is 0 Å². The molecule has 21 heavy (non-hydrogen) atoms. The first-order chi connectivity index (χ1) is 10.2. The lowest BCUT2D eigenvalue weighted by Gasteiger charge is -2.52. The van der Waals surface area contributed by atoms with E-state index in [1.807, 2.05) is 0 Å². The van der Waals surface area contributed by atoms with E-state index in [1.165, 1.54) is 32.1 Å². The molecule has 7 unspecified atom stereocenters. The smallest absolute Gasteiger partial charge is 0.0292 e. The zero-order valence-electron chi connectivity index (χ0n) is 14.4. The summed E-state index contributed by atoms with van der Waals surface area (Å²) >= 11 is 0. The van der Waals surface area contributed by atoms with Gasteiger partial charge in [-0.1, -0.05) is 52.4 Å². The Kier molecular flexibility index (Phi) is 3.87. The molecule has 0 N–H and O–H groups in total. The minimum Gasteiger partial charge on any atom is -0.0622 e. The number of rotatable bonds is 0. The first-order valence-electron chi connectivity index (χ1n) is 10.2. The third-order valence-corrected chi connectivity index (χ3v) is 8.51. The molecule has 0 aromatic heterocycles. The van der Waals surface area contributed by atoms with Crippen molar-refractivity contribution in [2.75, 3.05) is 0 Å². The van der Waals surface area contributed by atoms with Crippen LogP contribution in [0.4, 0.5) is 0 Å². The average molecular weight is 289 g/mol. The first kappa shape index (κ1) is 14.6. The average Bonchev–Trinajstić information content (AvgIpc) is 2.68. The van der Waals surface area contributed by atoms with E-state index >= 15 is 0 Å². The van der Waals surface area contributed by atoms with Crippen LogP contribution in [0.5, 0.6) is 0 Å². The molecule has 4 fully saturated rings. The Bertz CT molecular complexity index is 372. The fraction of sp³-hybridized carbons (Fsp3) is 1.00. The predicted octanol–water partition coefficient (Wildman–Crippen LogP) is 6.45. The highest BCUT2D eigenvalue weighted by Gasteiger charge is 2.52. The molecule has 0 nitrogen and oxygen atoms in total. The second-order valence-electron chi connectivity index (χ2n) is 9.59. The maximum absolute atomic E-state index is 2.61. The van der Waals surface area contributed by atoms with E-state index in [-0.39, 0.29) is 0 Å². The largest absolute Gasteiger partial charge is 0.0622 e. The quantitative estimate of drug-likeness (QED) is 0.481. The molecule has 0 aromatic rings. The van der Waals surface area contributed by atoms with E-state index in [0.29, 0.717) is 0 Å². The van der Waals surface area contributed by atoms with Gasteiger partial charge in [-0.2, -0.15) is 0 Å². The van der Waals surface area contributed by atoms with Crippen molar-refractivity contribution >= 4 is 0 Å². The van der Waals surface area contributed by atoms with Crippen molar-refractivity contribution in [2.24, 2.45) is 40.9 Å². The molecule has 0 saturated heterocycles. The highest BCUT2D eigenvalue weighted by Crippen LogP contribution is 2.62. The number of hydrogen-bond acceptors (Lipinski definition) is 0. The third-order valence-electron chi connectivity index (χ3n) is 8.51. The van der Waals surface area contributed by atoms with Gasteiger partial charge < -0.3 is 0 Å². The Morgan fingerprint density at radius 3 is 2.00 bits per heavy atom. The highest BCUT2D eigenvalue weighted by atomic mass is 14.6. The molecule has 0 aliphatic heterocycles. The topological polar surface area (TPSA) is 0 Å². The molecular formula is C21H36. The Morgan fingerprint density at radius 2 is 1.14 bits per heavy atom. The van der Waals surface area contributed by atoms with Gasteiger partial charge in [0.15, 0.2) is 0 Å². The Hall–Kier alpha value is 0. The minimum absolute atomic E-state index is 0.796. The van der Waals surface area contributed by atoms with Gasteiger partial charge >= 0.3 is 0 Å². The van der Waals surface area contributed by atoms with Crippen LogP contribution < -0.4 is 0 Å². The second-order valence-corrected chi connectivity index (χ2v) is 9.59. The van der Waals surface area contributed by atoms with Gasteiger partial charge in [0.2, 0.25) is 0 Å². The number of hydrogen-bond donors (Lipinski definition) is 0. The first-order valence-corrected chi connectivity index (χ1v) is 10.2. The molecule has 4 aliphatic carbocycles. The van der Waals surface area contributed by atoms with E-state index in [4.69, 9.17) is 0 Å². The van der Waals surface area contributed by atoms with Crippen molar-refractivity contribution in [3.63, 3.8) is 0 Å². The Labute approximate surface area is 132 Å². The van der Waals surface area contributed by atoms with E-state index in [9.17, 15) is 0 Å². The summed E-state index contributed by atoms with van der Waals surface area (Å²) in [6.07, 6.45) is 18.8. The van der Waals surface area contributed by atoms with Gasteiger partial charge in [0, 0.05) is 0 Å². The summed E-state index contributed by atoms with van der Waals surface area (Å²) < 4.78 is 0. The summed E-state index contributed by atoms with van der Waals surface area (Å²) in [7, 11) is 0. The number of fused-ring (bicyclic) bond motifs is 2. The maximum Gasteiger partial charge on any atom is -0.0292 e. The summed E-state index contributed by atoms with van der Waals surface area (Å²) in [5.74, 6) is 6.44. The highest BCUT2D eigenvalue weighted by molar-refractivity contribution is 5.02. The van der Waals surface area contributed by atoms with Crippen molar-refractivity contribution in [1.82, 2.24) is 0 Å². The van der Waals surface area contributed by atoms with Crippen molar-refractivity contribution < 1.29 is 0 Å². The van der Waals surface area contributed by atoms with Gasteiger partial charge in [-0.05, 0) is 79.4 Å². The van der Waals surface area contributed by atoms with Crippen molar-refractivity contribution in [3.8, 4) is 0 Å². The third kappa shape index (κ3) is 2.49. The molecule has 120 valence electrons. The van der Waals surface area contributed by atoms with E-state index in [2.05, 4.69) is 13.8 Å². The summed E-state index contributed by atoms with van der Waals surface area (Å²) in [5.41, 5.74) is 0.796. The molecule has 0 radical (unpaired) electrons. The molecular weight excluding hydrogens is 252 g/mol. The molecule has 0 heterocycles. The zero-order chi connectivity index (χ0) is 14.4. The predicted molar refractivity (Wildman–Crippen MR) is 90.1 cm³/mol. The molecule has 1 spiro atoms. The molecule has 4 rings (SSSR count). The van der Waals surface area contributed by atoms with Gasteiger partial charge in [0.05, 0.1) is 0 Å². The summed E-state index contributed by atoms with van der Waals surface area (Å²) in [6.45, 7) is 5.21. The minimum atomic E-state index is 0.796. The van der Waals surface area contributed by atoms with Crippen LogP contribution in [0, 0.1) is 40.9 Å². The SMILES string of the molecule is CC1CCCC23CCCC4C(C)CCCCC(C1C2)C4C3. The van der Waals surface area contributed by atoms with Crippen molar-refractivity contribution in [1.29, 1.82) is 0 Å². The molecule has 0 heteroatoms. The van der Waals surface area contributed by atoms with Gasteiger partial charge in [-0.25, -0.2) is 0 Å². The molecule has 0 amide bonds. The fourth-order valence-electron chi connectivity index (χ4n) is 7.46. The lowest BCUT2D eigenvalue weighted by Crippen LogP contribution is -2.43. The van der Waals surface area contributed by atoms with E-state index in [0.717, 1.165) is 40.9 Å². The van der Waals surface area contributed by atoms with Crippen LogP contribution in [0.1, 0.15) is 90.9 Å². The Morgan fingerprint density at radius 1 is 0.571 bits per heavy atom. The second kappa shape index (κ2) is 5.57. The normalized spacial score (nSPS) is 54.0. The van der Waals surface area contributed by atoms with Crippen LogP contribution >= 0.6 is 0 Å². The van der Waals surface area contributed by atoms with E-state index < -0.39 is 0 Å². The maximum atomic E-state index is 2.61. The lowest BCUT2D eigenvalue weighted by atomic mass is 9.53. The van der Waals surface area contributed by atoms with Crippen molar-refractivity contribution in [2.45, 2.75) is 90.9 Å². The summed E-state index contributed by atoms with van der Waals surface area (Å²) in [4.78, 5) is 0. The Balaban J connectivity index is 1.72. The van der Waals surface area contributed by atoms with Crippen LogP contribution in [0.25, 0.3) is 0 Å². The van der Waals surface area contributed by atoms with Crippen molar-refractivity contribution in [3.05, 3.63) is 0 Å². The zero-order valence-corrected chi connectivity index (χ0v) is 14.4. The van der Waals surface area contributed by atoms with Crippen LogP contribution in [0.15, 0.2) is 0 Å². The van der Waals surface area contributed by atoms with Gasteiger partial charge in [0.1, 0.15) is 0 Å². The fourth-order valence-corrected chi connectivity index (χ4v) is 7.46. The molecule has 4 saturated carbocycles.